The second kappa shape index (κ2) is 8.52. The van der Waals surface area contributed by atoms with E-state index < -0.39 is 10.8 Å². The number of hydrogen-bond acceptors (Lipinski definition) is 5. The second-order valence-corrected chi connectivity index (χ2v) is 4.94. The Morgan fingerprint density at radius 2 is 1.96 bits per heavy atom. The largest absolute Gasteiger partial charge is 0.494 e. The molecule has 24 heavy (non-hydrogen) atoms. The van der Waals surface area contributed by atoms with Crippen LogP contribution >= 0.6 is 0 Å². The van der Waals surface area contributed by atoms with Crippen LogP contribution in [0.15, 0.2) is 48.5 Å². The number of benzene rings is 2. The Kier molecular flexibility index (Phi) is 6.13. The summed E-state index contributed by atoms with van der Waals surface area (Å²) < 4.78 is 10.7. The van der Waals surface area contributed by atoms with E-state index in [2.05, 4.69) is 5.32 Å². The van der Waals surface area contributed by atoms with Crippen LogP contribution in [0.1, 0.15) is 13.3 Å². The highest BCUT2D eigenvalue weighted by Crippen LogP contribution is 2.25. The number of carbonyl (C=O) groups is 1. The molecule has 0 saturated carbocycles. The zero-order valence-electron chi connectivity index (χ0n) is 13.2. The number of amides is 1. The minimum absolute atomic E-state index is 0.0534. The zero-order valence-corrected chi connectivity index (χ0v) is 13.2. The third-order valence-corrected chi connectivity index (χ3v) is 3.01. The highest BCUT2D eigenvalue weighted by Gasteiger charge is 2.15. The molecule has 0 radical (unpaired) electrons. The van der Waals surface area contributed by atoms with Gasteiger partial charge in [-0.15, -0.1) is 0 Å². The maximum atomic E-state index is 11.9. The smallest absolute Gasteiger partial charge is 0.310 e. The van der Waals surface area contributed by atoms with Gasteiger partial charge < -0.3 is 14.8 Å². The Morgan fingerprint density at radius 1 is 1.17 bits per heavy atom. The van der Waals surface area contributed by atoms with Crippen molar-refractivity contribution in [3.63, 3.8) is 0 Å². The van der Waals surface area contributed by atoms with E-state index in [9.17, 15) is 14.9 Å². The number of nitro benzene ring substituents is 1. The summed E-state index contributed by atoms with van der Waals surface area (Å²) in [7, 11) is 0. The van der Waals surface area contributed by atoms with E-state index in [-0.39, 0.29) is 18.0 Å². The lowest BCUT2D eigenvalue weighted by molar-refractivity contribution is -0.385. The molecule has 2 aromatic carbocycles. The van der Waals surface area contributed by atoms with Gasteiger partial charge in [-0.05, 0) is 24.6 Å². The van der Waals surface area contributed by atoms with Gasteiger partial charge in [-0.2, -0.15) is 0 Å². The molecule has 0 atom stereocenters. The van der Waals surface area contributed by atoms with Gasteiger partial charge in [-0.25, -0.2) is 0 Å². The van der Waals surface area contributed by atoms with E-state index in [1.807, 2.05) is 6.92 Å². The fourth-order valence-corrected chi connectivity index (χ4v) is 1.95. The summed E-state index contributed by atoms with van der Waals surface area (Å²) in [5.41, 5.74) is 0.389. The molecule has 0 aliphatic rings. The molecule has 1 N–H and O–H groups in total. The van der Waals surface area contributed by atoms with Crippen LogP contribution < -0.4 is 14.8 Å². The van der Waals surface area contributed by atoms with Gasteiger partial charge in [0.15, 0.2) is 12.4 Å². The Morgan fingerprint density at radius 3 is 2.71 bits per heavy atom. The molecule has 0 aromatic heterocycles. The fraction of sp³-hybridized carbons (Fsp3) is 0.235. The number of para-hydroxylation sites is 2. The van der Waals surface area contributed by atoms with Crippen LogP contribution in [0.5, 0.6) is 11.5 Å². The van der Waals surface area contributed by atoms with Crippen LogP contribution in [0.2, 0.25) is 0 Å². The predicted octanol–water partition coefficient (Wildman–Crippen LogP) is 3.40. The third-order valence-electron chi connectivity index (χ3n) is 3.01. The molecule has 0 saturated heterocycles. The first-order chi connectivity index (χ1) is 11.6. The van der Waals surface area contributed by atoms with E-state index in [0.717, 1.165) is 6.42 Å². The van der Waals surface area contributed by atoms with Crippen molar-refractivity contribution in [2.75, 3.05) is 18.5 Å². The van der Waals surface area contributed by atoms with E-state index >= 15 is 0 Å². The van der Waals surface area contributed by atoms with Gasteiger partial charge in [-0.1, -0.05) is 25.1 Å². The van der Waals surface area contributed by atoms with Gasteiger partial charge >= 0.3 is 5.69 Å². The number of hydrogen-bond donors (Lipinski definition) is 1. The molecule has 7 nitrogen and oxygen atoms in total. The lowest BCUT2D eigenvalue weighted by Gasteiger charge is -2.09. The van der Waals surface area contributed by atoms with Crippen LogP contribution in [0.4, 0.5) is 11.4 Å². The minimum Gasteiger partial charge on any atom is -0.494 e. The lowest BCUT2D eigenvalue weighted by atomic mass is 10.3. The molecule has 0 fully saturated rings. The van der Waals surface area contributed by atoms with Crippen molar-refractivity contribution in [1.29, 1.82) is 0 Å². The highest BCUT2D eigenvalue weighted by molar-refractivity contribution is 5.92. The SMILES string of the molecule is CCCOc1cccc(NC(=O)COc2ccccc2[N+](=O)[O-])c1. The van der Waals surface area contributed by atoms with E-state index in [1.165, 1.54) is 18.2 Å². The molecular weight excluding hydrogens is 312 g/mol. The summed E-state index contributed by atoms with van der Waals surface area (Å²) >= 11 is 0. The number of anilines is 1. The van der Waals surface area contributed by atoms with Crippen LogP contribution in [0.25, 0.3) is 0 Å². The summed E-state index contributed by atoms with van der Waals surface area (Å²) in [5.74, 6) is 0.299. The summed E-state index contributed by atoms with van der Waals surface area (Å²) in [6.07, 6.45) is 0.889. The van der Waals surface area contributed by atoms with Crippen molar-refractivity contribution in [1.82, 2.24) is 0 Å². The standard InChI is InChI=1S/C17H18N2O5/c1-2-10-23-14-7-5-6-13(11-14)18-17(20)12-24-16-9-4-3-8-15(16)19(21)22/h3-9,11H,2,10,12H2,1H3,(H,18,20). The predicted molar refractivity (Wildman–Crippen MR) is 89.4 cm³/mol. The highest BCUT2D eigenvalue weighted by atomic mass is 16.6. The molecule has 126 valence electrons. The van der Waals surface area contributed by atoms with Gasteiger partial charge in [0, 0.05) is 17.8 Å². The van der Waals surface area contributed by atoms with Crippen LogP contribution in [-0.4, -0.2) is 24.0 Å². The molecule has 0 aliphatic carbocycles. The molecule has 2 aromatic rings. The van der Waals surface area contributed by atoms with Gasteiger partial charge in [0.05, 0.1) is 11.5 Å². The molecule has 0 unspecified atom stereocenters. The average Bonchev–Trinajstić information content (AvgIpc) is 2.58. The van der Waals surface area contributed by atoms with Gasteiger partial charge in [0.1, 0.15) is 5.75 Å². The summed E-state index contributed by atoms with van der Waals surface area (Å²) in [4.78, 5) is 22.3. The number of ether oxygens (including phenoxy) is 2. The number of carbonyl (C=O) groups excluding carboxylic acids is 1. The van der Waals surface area contributed by atoms with E-state index in [4.69, 9.17) is 9.47 Å². The fourth-order valence-electron chi connectivity index (χ4n) is 1.95. The molecule has 7 heteroatoms. The van der Waals surface area contributed by atoms with E-state index in [0.29, 0.717) is 18.0 Å². The monoisotopic (exact) mass is 330 g/mol. The molecule has 0 aliphatic heterocycles. The summed E-state index contributed by atoms with van der Waals surface area (Å²) in [6.45, 7) is 2.27. The second-order valence-electron chi connectivity index (χ2n) is 4.94. The summed E-state index contributed by atoms with van der Waals surface area (Å²) in [5, 5.41) is 13.6. The van der Waals surface area contributed by atoms with Crippen molar-refractivity contribution in [2.45, 2.75) is 13.3 Å². The first-order valence-corrected chi connectivity index (χ1v) is 7.49. The Hall–Kier alpha value is -3.09. The molecule has 2 rings (SSSR count). The maximum Gasteiger partial charge on any atom is 0.310 e. The topological polar surface area (TPSA) is 90.7 Å². The first-order valence-electron chi connectivity index (χ1n) is 7.49. The first kappa shape index (κ1) is 17.3. The third kappa shape index (κ3) is 4.98. The van der Waals surface area contributed by atoms with Crippen molar-refractivity contribution in [2.24, 2.45) is 0 Å². The molecule has 1 amide bonds. The zero-order chi connectivity index (χ0) is 17.4. The Bertz CT molecular complexity index is 718. The number of rotatable bonds is 8. The van der Waals surface area contributed by atoms with Gasteiger partial charge in [0.2, 0.25) is 0 Å². The van der Waals surface area contributed by atoms with Crippen LogP contribution in [0.3, 0.4) is 0 Å². The van der Waals surface area contributed by atoms with Gasteiger partial charge in [0.25, 0.3) is 5.91 Å². The number of nitrogens with zero attached hydrogens (tertiary/aromatic N) is 1. The molecule has 0 spiro atoms. The maximum absolute atomic E-state index is 11.9. The minimum atomic E-state index is -0.554. The molecule has 0 heterocycles. The number of nitrogens with one attached hydrogen (secondary N) is 1. The van der Waals surface area contributed by atoms with Crippen LogP contribution in [0, 0.1) is 10.1 Å². The van der Waals surface area contributed by atoms with E-state index in [1.54, 1.807) is 30.3 Å². The Labute approximate surface area is 139 Å². The van der Waals surface area contributed by atoms with Gasteiger partial charge in [-0.3, -0.25) is 14.9 Å². The normalized spacial score (nSPS) is 10.0. The molecular formula is C17H18N2O5. The number of nitro groups is 1. The lowest BCUT2D eigenvalue weighted by Crippen LogP contribution is -2.20. The molecule has 0 bridgehead atoms. The van der Waals surface area contributed by atoms with Crippen LogP contribution in [-0.2, 0) is 4.79 Å². The average molecular weight is 330 g/mol. The van der Waals surface area contributed by atoms with Crippen molar-refractivity contribution >= 4 is 17.3 Å². The van der Waals surface area contributed by atoms with Crippen molar-refractivity contribution < 1.29 is 19.2 Å². The van der Waals surface area contributed by atoms with Crippen molar-refractivity contribution in [3.8, 4) is 11.5 Å². The van der Waals surface area contributed by atoms with Crippen molar-refractivity contribution in [3.05, 3.63) is 58.6 Å². The quantitative estimate of drug-likeness (QED) is 0.592. The summed E-state index contributed by atoms with van der Waals surface area (Å²) in [6, 6.07) is 12.9. The Balaban J connectivity index is 1.93.